The maximum absolute atomic E-state index is 12.9. The van der Waals surface area contributed by atoms with E-state index in [-0.39, 0.29) is 32.0 Å². The molecule has 0 saturated heterocycles. The molecule has 0 radical (unpaired) electrons. The molecule has 512 valence electrons. The molecule has 0 aromatic carbocycles. The number of ether oxygens (including phenoxy) is 2. The van der Waals surface area contributed by atoms with Gasteiger partial charge in [0.25, 0.3) is 7.82 Å². The maximum Gasteiger partial charge on any atom is 0.306 e. The number of esters is 2. The van der Waals surface area contributed by atoms with E-state index in [9.17, 15) is 19.0 Å². The predicted molar refractivity (Wildman–Crippen MR) is 379 cm³/mol. The van der Waals surface area contributed by atoms with Crippen LogP contribution in [-0.2, 0) is 32.7 Å². The van der Waals surface area contributed by atoms with Gasteiger partial charge in [-0.15, -0.1) is 0 Å². The van der Waals surface area contributed by atoms with Crippen molar-refractivity contribution in [2.75, 3.05) is 47.5 Å². The van der Waals surface area contributed by atoms with Crippen LogP contribution in [0, 0.1) is 0 Å². The number of phosphoric acid groups is 1. The van der Waals surface area contributed by atoms with Crippen molar-refractivity contribution < 1.29 is 42.1 Å². The first-order chi connectivity index (χ1) is 43.0. The Morgan fingerprint density at radius 2 is 0.648 bits per heavy atom. The SMILES string of the molecule is CC/C=C\C/C=C\C/C=C\C/C=C\C/C=C\C/C=C\C/C=C\CCCCCCCCCCCCCCCCCCCCCC(=O)OC(COC(=O)CCCCCCCCCCCCCCCCCCCCCCCCC)COP(=O)([O-])OCC[N+](C)(C)C. The third kappa shape index (κ3) is 72.3. The van der Waals surface area contributed by atoms with E-state index in [1.807, 2.05) is 21.1 Å². The van der Waals surface area contributed by atoms with E-state index in [0.717, 1.165) is 83.5 Å². The largest absolute Gasteiger partial charge is 0.756 e. The van der Waals surface area contributed by atoms with Gasteiger partial charge in [0, 0.05) is 12.8 Å². The van der Waals surface area contributed by atoms with Crippen molar-refractivity contribution in [2.45, 2.75) is 354 Å². The minimum Gasteiger partial charge on any atom is -0.756 e. The highest BCUT2D eigenvalue weighted by atomic mass is 31.2. The number of hydrogen-bond donors (Lipinski definition) is 0. The average Bonchev–Trinajstić information content (AvgIpc) is 3.58. The monoisotopic (exact) mass is 1250 g/mol. The highest BCUT2D eigenvalue weighted by molar-refractivity contribution is 7.45. The Morgan fingerprint density at radius 1 is 0.364 bits per heavy atom. The van der Waals surface area contributed by atoms with Crippen molar-refractivity contribution in [3.8, 4) is 0 Å². The zero-order valence-corrected chi connectivity index (χ0v) is 59.3. The van der Waals surface area contributed by atoms with Gasteiger partial charge in [-0.05, 0) is 70.6 Å². The highest BCUT2D eigenvalue weighted by Gasteiger charge is 2.22. The molecule has 0 rings (SSSR count). The first kappa shape index (κ1) is 85.2. The normalized spacial score (nSPS) is 13.6. The lowest BCUT2D eigenvalue weighted by molar-refractivity contribution is -0.870. The van der Waals surface area contributed by atoms with E-state index in [2.05, 4.69) is 98.9 Å². The first-order valence-electron chi connectivity index (χ1n) is 37.3. The van der Waals surface area contributed by atoms with E-state index < -0.39 is 26.5 Å². The molecule has 2 atom stereocenters. The Balaban J connectivity index is 3.95. The Bertz CT molecular complexity index is 1760. The summed E-state index contributed by atoms with van der Waals surface area (Å²) in [4.78, 5) is 38.1. The third-order valence-corrected chi connectivity index (χ3v) is 17.4. The summed E-state index contributed by atoms with van der Waals surface area (Å²) in [5.74, 6) is -0.814. The Morgan fingerprint density at radius 3 is 0.966 bits per heavy atom. The Hall–Kier alpha value is -2.81. The second-order valence-corrected chi connectivity index (χ2v) is 27.7. The highest BCUT2D eigenvalue weighted by Crippen LogP contribution is 2.38. The molecular weight excluding hydrogens is 1110 g/mol. The molecule has 0 N–H and O–H groups in total. The van der Waals surface area contributed by atoms with Crippen LogP contribution < -0.4 is 4.89 Å². The van der Waals surface area contributed by atoms with Crippen molar-refractivity contribution >= 4 is 19.8 Å². The van der Waals surface area contributed by atoms with E-state index in [1.165, 1.54) is 231 Å². The summed E-state index contributed by atoms with van der Waals surface area (Å²) in [7, 11) is 1.18. The fourth-order valence-electron chi connectivity index (χ4n) is 10.8. The molecular formula is C78H142NO8P. The summed E-state index contributed by atoms with van der Waals surface area (Å²) in [6, 6.07) is 0. The second-order valence-electron chi connectivity index (χ2n) is 26.3. The van der Waals surface area contributed by atoms with E-state index in [0.29, 0.717) is 17.4 Å². The second kappa shape index (κ2) is 68.6. The molecule has 9 nitrogen and oxygen atoms in total. The van der Waals surface area contributed by atoms with Crippen LogP contribution in [0.3, 0.4) is 0 Å². The van der Waals surface area contributed by atoms with E-state index in [1.54, 1.807) is 0 Å². The summed E-state index contributed by atoms with van der Waals surface area (Å²) < 4.78 is 34.4. The van der Waals surface area contributed by atoms with Crippen molar-refractivity contribution in [3.05, 3.63) is 85.1 Å². The van der Waals surface area contributed by atoms with Gasteiger partial charge in [-0.3, -0.25) is 14.2 Å². The minimum absolute atomic E-state index is 0.0295. The number of nitrogens with zero attached hydrogens (tertiary/aromatic N) is 1. The average molecular weight is 1250 g/mol. The third-order valence-electron chi connectivity index (χ3n) is 16.4. The van der Waals surface area contributed by atoms with Crippen LogP contribution in [-0.4, -0.2) is 70.0 Å². The van der Waals surface area contributed by atoms with Gasteiger partial charge in [0.1, 0.15) is 19.8 Å². The molecule has 0 fully saturated rings. The molecule has 10 heteroatoms. The number of carbonyl (C=O) groups is 2. The molecule has 0 spiro atoms. The smallest absolute Gasteiger partial charge is 0.306 e. The van der Waals surface area contributed by atoms with Crippen molar-refractivity contribution in [1.82, 2.24) is 0 Å². The number of likely N-dealkylation sites (N-methyl/N-ethyl adjacent to an activating group) is 1. The van der Waals surface area contributed by atoms with Crippen LogP contribution >= 0.6 is 7.82 Å². The first-order valence-corrected chi connectivity index (χ1v) is 38.8. The van der Waals surface area contributed by atoms with E-state index in [4.69, 9.17) is 18.5 Å². The molecule has 0 amide bonds. The van der Waals surface area contributed by atoms with Crippen molar-refractivity contribution in [1.29, 1.82) is 0 Å². The zero-order chi connectivity index (χ0) is 64.1. The summed E-state index contributed by atoms with van der Waals surface area (Å²) in [5, 5.41) is 0. The van der Waals surface area contributed by atoms with Crippen LogP contribution in [0.15, 0.2) is 85.1 Å². The Labute approximate surface area is 545 Å². The predicted octanol–water partition coefficient (Wildman–Crippen LogP) is 23.9. The lowest BCUT2D eigenvalue weighted by atomic mass is 10.0. The Kier molecular flexibility index (Phi) is 66.4. The molecule has 0 aromatic rings. The summed E-state index contributed by atoms with van der Waals surface area (Å²) in [6.45, 7) is 4.18. The van der Waals surface area contributed by atoms with Gasteiger partial charge in [-0.1, -0.05) is 349 Å². The molecule has 2 unspecified atom stereocenters. The quantitative estimate of drug-likeness (QED) is 0.0195. The van der Waals surface area contributed by atoms with Gasteiger partial charge in [0.05, 0.1) is 27.7 Å². The fourth-order valence-corrected chi connectivity index (χ4v) is 11.5. The van der Waals surface area contributed by atoms with Gasteiger partial charge >= 0.3 is 11.9 Å². The van der Waals surface area contributed by atoms with Crippen LogP contribution in [0.4, 0.5) is 0 Å². The van der Waals surface area contributed by atoms with Crippen molar-refractivity contribution in [3.63, 3.8) is 0 Å². The molecule has 0 aliphatic rings. The van der Waals surface area contributed by atoms with Crippen LogP contribution in [0.1, 0.15) is 348 Å². The van der Waals surface area contributed by atoms with Crippen LogP contribution in [0.25, 0.3) is 0 Å². The van der Waals surface area contributed by atoms with Crippen LogP contribution in [0.5, 0.6) is 0 Å². The molecule has 0 aliphatic carbocycles. The molecule has 0 aliphatic heterocycles. The topological polar surface area (TPSA) is 111 Å². The number of allylic oxidation sites excluding steroid dienone is 14. The van der Waals surface area contributed by atoms with Crippen molar-refractivity contribution in [2.24, 2.45) is 0 Å². The number of phosphoric ester groups is 1. The van der Waals surface area contributed by atoms with Gasteiger partial charge in [0.15, 0.2) is 6.10 Å². The molecule has 0 aromatic heterocycles. The molecule has 0 heterocycles. The summed E-state index contributed by atoms with van der Waals surface area (Å²) in [5.41, 5.74) is 0. The van der Waals surface area contributed by atoms with Gasteiger partial charge in [-0.25, -0.2) is 0 Å². The maximum atomic E-state index is 12.9. The number of hydrogen-bond acceptors (Lipinski definition) is 8. The van der Waals surface area contributed by atoms with Gasteiger partial charge in [0.2, 0.25) is 0 Å². The fraction of sp³-hybridized carbons (Fsp3) is 0.795. The zero-order valence-electron chi connectivity index (χ0n) is 58.4. The molecule has 0 bridgehead atoms. The minimum atomic E-state index is -4.64. The standard InChI is InChI=1S/C78H142NO8P/c1-6-8-10-12-14-16-18-20-22-24-26-28-30-31-32-33-34-35-36-37-38-39-40-41-42-43-44-45-46-47-49-51-53-55-57-59-61-63-65-67-69-71-78(81)87-76(75-86-88(82,83)85-73-72-79(3,4)5)74-84-77(80)70-68-66-64-62-60-58-56-54-52-50-48-29-27-25-23-21-19-17-15-13-11-9-7-2/h8,10,14,16,20,22,26,28,31-32,34-35,37-38,76H,6-7,9,11-13,15,17-19,21,23-25,27,29-30,33,36,39-75H2,1-5H3/b10-8-,16-14-,22-20-,28-26-,32-31-,35-34-,38-37-. The summed E-state index contributed by atoms with van der Waals surface area (Å²) >= 11 is 0. The number of quaternary nitrogens is 1. The number of rotatable bonds is 69. The molecule has 88 heavy (non-hydrogen) atoms. The van der Waals surface area contributed by atoms with Gasteiger partial charge in [-0.2, -0.15) is 0 Å². The lowest BCUT2D eigenvalue weighted by Gasteiger charge is -2.28. The van der Waals surface area contributed by atoms with Crippen LogP contribution in [0.2, 0.25) is 0 Å². The number of unbranched alkanes of at least 4 members (excludes halogenated alkanes) is 41. The number of carbonyl (C=O) groups excluding carboxylic acids is 2. The van der Waals surface area contributed by atoms with Gasteiger partial charge < -0.3 is 27.9 Å². The molecule has 0 saturated carbocycles. The summed E-state index contributed by atoms with van der Waals surface area (Å²) in [6.07, 6.45) is 94.0. The lowest BCUT2D eigenvalue weighted by Crippen LogP contribution is -2.37. The van der Waals surface area contributed by atoms with E-state index >= 15 is 0 Å².